The lowest BCUT2D eigenvalue weighted by molar-refractivity contribution is -0.106. The van der Waals surface area contributed by atoms with Crippen LogP contribution in [-0.2, 0) is 0 Å². The zero-order valence-corrected chi connectivity index (χ0v) is 12.0. The summed E-state index contributed by atoms with van der Waals surface area (Å²) < 4.78 is 14.2. The van der Waals surface area contributed by atoms with Crippen LogP contribution in [0.25, 0.3) is 0 Å². The summed E-state index contributed by atoms with van der Waals surface area (Å²) in [5.41, 5.74) is -1.03. The summed E-state index contributed by atoms with van der Waals surface area (Å²) in [5, 5.41) is 20.8. The molecule has 0 amide bonds. The van der Waals surface area contributed by atoms with Crippen LogP contribution < -0.4 is 0 Å². The Labute approximate surface area is 115 Å². The van der Waals surface area contributed by atoms with Gasteiger partial charge in [0.05, 0.1) is 10.1 Å². The molecular formula is C14H18BrFO2. The normalized spacial score (nSPS) is 30.2. The predicted octanol–water partition coefficient (Wildman–Crippen LogP) is 3.56. The maximum atomic E-state index is 13.9. The summed E-state index contributed by atoms with van der Waals surface area (Å²) in [5.74, 6) is 0.0712. The summed E-state index contributed by atoms with van der Waals surface area (Å²) in [6.07, 6.45) is 1.59. The monoisotopic (exact) mass is 316 g/mol. The van der Waals surface area contributed by atoms with Crippen LogP contribution in [0.15, 0.2) is 22.7 Å². The first-order valence-corrected chi connectivity index (χ1v) is 7.08. The van der Waals surface area contributed by atoms with Crippen molar-refractivity contribution in [3.63, 3.8) is 0 Å². The van der Waals surface area contributed by atoms with E-state index in [1.54, 1.807) is 12.1 Å². The molecule has 0 radical (unpaired) electrons. The Morgan fingerprint density at radius 2 is 2.00 bits per heavy atom. The van der Waals surface area contributed by atoms with E-state index in [1.807, 2.05) is 0 Å². The van der Waals surface area contributed by atoms with E-state index in [0.29, 0.717) is 23.2 Å². The largest absolute Gasteiger partial charge is 0.387 e. The van der Waals surface area contributed by atoms with Gasteiger partial charge in [-0.2, -0.15) is 0 Å². The Balaban J connectivity index is 2.25. The molecule has 2 N–H and O–H groups in total. The summed E-state index contributed by atoms with van der Waals surface area (Å²) in [6.45, 7) is 2.13. The van der Waals surface area contributed by atoms with E-state index >= 15 is 0 Å². The second kappa shape index (κ2) is 5.27. The van der Waals surface area contributed by atoms with Gasteiger partial charge in [-0.05, 0) is 53.6 Å². The van der Waals surface area contributed by atoms with Gasteiger partial charge < -0.3 is 10.2 Å². The van der Waals surface area contributed by atoms with E-state index in [4.69, 9.17) is 0 Å². The standard InChI is InChI=1S/C14H18BrFO2/c1-9-5-7-14(18,8-6-9)13(17)10-3-2-4-11(15)12(10)16/h2-4,9,13,17-18H,5-8H2,1H3. The molecule has 2 rings (SSSR count). The lowest BCUT2D eigenvalue weighted by atomic mass is 9.75. The van der Waals surface area contributed by atoms with Crippen molar-refractivity contribution in [2.24, 2.45) is 5.92 Å². The highest BCUT2D eigenvalue weighted by Crippen LogP contribution is 2.41. The average molecular weight is 317 g/mol. The van der Waals surface area contributed by atoms with Gasteiger partial charge in [0.25, 0.3) is 0 Å². The minimum absolute atomic E-state index is 0.168. The van der Waals surface area contributed by atoms with Crippen LogP contribution in [0.4, 0.5) is 4.39 Å². The molecule has 4 heteroatoms. The van der Waals surface area contributed by atoms with Crippen molar-refractivity contribution < 1.29 is 14.6 Å². The smallest absolute Gasteiger partial charge is 0.143 e. The van der Waals surface area contributed by atoms with Gasteiger partial charge in [0.2, 0.25) is 0 Å². The molecule has 1 aliphatic carbocycles. The Bertz CT molecular complexity index is 428. The zero-order valence-electron chi connectivity index (χ0n) is 10.4. The number of aliphatic hydroxyl groups excluding tert-OH is 1. The second-order valence-electron chi connectivity index (χ2n) is 5.33. The van der Waals surface area contributed by atoms with Gasteiger partial charge in [-0.25, -0.2) is 4.39 Å². The average Bonchev–Trinajstić information content (AvgIpc) is 2.36. The lowest BCUT2D eigenvalue weighted by Crippen LogP contribution is -2.40. The van der Waals surface area contributed by atoms with Gasteiger partial charge in [-0.3, -0.25) is 0 Å². The maximum Gasteiger partial charge on any atom is 0.143 e. The highest BCUT2D eigenvalue weighted by Gasteiger charge is 2.40. The first kappa shape index (κ1) is 14.0. The summed E-state index contributed by atoms with van der Waals surface area (Å²) >= 11 is 3.10. The molecule has 100 valence electrons. The molecule has 1 aliphatic rings. The van der Waals surface area contributed by atoms with Gasteiger partial charge in [0.1, 0.15) is 11.9 Å². The third-order valence-electron chi connectivity index (χ3n) is 3.93. The molecule has 0 aliphatic heterocycles. The van der Waals surface area contributed by atoms with Crippen molar-refractivity contribution in [3.8, 4) is 0 Å². The van der Waals surface area contributed by atoms with E-state index in [0.717, 1.165) is 12.8 Å². The molecule has 1 unspecified atom stereocenters. The molecule has 1 aromatic rings. The number of halogens is 2. The van der Waals surface area contributed by atoms with Crippen LogP contribution in [0.1, 0.15) is 44.3 Å². The van der Waals surface area contributed by atoms with Crippen LogP contribution in [-0.4, -0.2) is 15.8 Å². The lowest BCUT2D eigenvalue weighted by Gasteiger charge is -2.38. The van der Waals surface area contributed by atoms with Gasteiger partial charge in [-0.15, -0.1) is 0 Å². The molecule has 0 heterocycles. The van der Waals surface area contributed by atoms with Crippen LogP contribution in [0.2, 0.25) is 0 Å². The second-order valence-corrected chi connectivity index (χ2v) is 6.19. The van der Waals surface area contributed by atoms with Crippen molar-refractivity contribution in [1.29, 1.82) is 0 Å². The van der Waals surface area contributed by atoms with Crippen LogP contribution in [0, 0.1) is 11.7 Å². The quantitative estimate of drug-likeness (QED) is 0.875. The SMILES string of the molecule is CC1CCC(O)(C(O)c2cccc(Br)c2F)CC1. The molecule has 0 aromatic heterocycles. The molecule has 1 aromatic carbocycles. The maximum absolute atomic E-state index is 13.9. The molecule has 1 atom stereocenters. The summed E-state index contributed by atoms with van der Waals surface area (Å²) in [6, 6.07) is 4.78. The van der Waals surface area contributed by atoms with E-state index < -0.39 is 17.5 Å². The van der Waals surface area contributed by atoms with Crippen LogP contribution in [0.5, 0.6) is 0 Å². The topological polar surface area (TPSA) is 40.5 Å². The number of rotatable bonds is 2. The molecule has 1 saturated carbocycles. The van der Waals surface area contributed by atoms with Crippen molar-refractivity contribution in [2.75, 3.05) is 0 Å². The van der Waals surface area contributed by atoms with Crippen LogP contribution >= 0.6 is 15.9 Å². The van der Waals surface area contributed by atoms with Gasteiger partial charge in [0, 0.05) is 5.56 Å². The molecular weight excluding hydrogens is 299 g/mol. The fraction of sp³-hybridized carbons (Fsp3) is 0.571. The minimum atomic E-state index is -1.20. The molecule has 0 saturated heterocycles. The highest BCUT2D eigenvalue weighted by molar-refractivity contribution is 9.10. The van der Waals surface area contributed by atoms with E-state index in [-0.39, 0.29) is 5.56 Å². The Kier molecular flexibility index (Phi) is 4.09. The van der Waals surface area contributed by atoms with Crippen molar-refractivity contribution in [2.45, 2.75) is 44.3 Å². The van der Waals surface area contributed by atoms with Gasteiger partial charge >= 0.3 is 0 Å². The highest BCUT2D eigenvalue weighted by atomic mass is 79.9. The third kappa shape index (κ3) is 2.60. The number of hydrogen-bond acceptors (Lipinski definition) is 2. The zero-order chi connectivity index (χ0) is 13.3. The number of aliphatic hydroxyl groups is 2. The molecule has 1 fully saturated rings. The third-order valence-corrected chi connectivity index (χ3v) is 4.54. The molecule has 2 nitrogen and oxygen atoms in total. The minimum Gasteiger partial charge on any atom is -0.387 e. The summed E-state index contributed by atoms with van der Waals surface area (Å²) in [7, 11) is 0. The summed E-state index contributed by atoms with van der Waals surface area (Å²) in [4.78, 5) is 0. The van der Waals surface area contributed by atoms with E-state index in [9.17, 15) is 14.6 Å². The van der Waals surface area contributed by atoms with E-state index in [1.165, 1.54) is 6.07 Å². The number of hydrogen-bond donors (Lipinski definition) is 2. The fourth-order valence-corrected chi connectivity index (χ4v) is 2.94. The van der Waals surface area contributed by atoms with Gasteiger partial charge in [-0.1, -0.05) is 19.1 Å². The van der Waals surface area contributed by atoms with Crippen molar-refractivity contribution in [3.05, 3.63) is 34.1 Å². The Morgan fingerprint density at radius 3 is 2.61 bits per heavy atom. The Morgan fingerprint density at radius 1 is 1.39 bits per heavy atom. The molecule has 18 heavy (non-hydrogen) atoms. The van der Waals surface area contributed by atoms with Crippen LogP contribution in [0.3, 0.4) is 0 Å². The fourth-order valence-electron chi connectivity index (χ4n) is 2.56. The molecule has 0 spiro atoms. The number of benzene rings is 1. The predicted molar refractivity (Wildman–Crippen MR) is 71.6 cm³/mol. The van der Waals surface area contributed by atoms with Crippen molar-refractivity contribution >= 4 is 15.9 Å². The molecule has 0 bridgehead atoms. The van der Waals surface area contributed by atoms with Gasteiger partial charge in [0.15, 0.2) is 0 Å². The first-order valence-electron chi connectivity index (χ1n) is 6.28. The van der Waals surface area contributed by atoms with E-state index in [2.05, 4.69) is 22.9 Å². The Hall–Kier alpha value is -0.450. The van der Waals surface area contributed by atoms with Crippen molar-refractivity contribution in [1.82, 2.24) is 0 Å². The first-order chi connectivity index (χ1) is 8.44.